The molecule has 0 spiro atoms. The molecular formula is C25H28N4O. The number of terminal acetylenes is 1. The molecule has 30 heavy (non-hydrogen) atoms. The van der Waals surface area contributed by atoms with Crippen molar-refractivity contribution in [3.8, 4) is 12.3 Å². The van der Waals surface area contributed by atoms with E-state index in [4.69, 9.17) is 6.42 Å². The number of nitrogens with zero attached hydrogens (tertiary/aromatic N) is 1. The Morgan fingerprint density at radius 2 is 2.23 bits per heavy atom. The van der Waals surface area contributed by atoms with Crippen LogP contribution in [-0.4, -0.2) is 35.5 Å². The molecule has 0 atom stereocenters. The lowest BCUT2D eigenvalue weighted by atomic mass is 9.95. The van der Waals surface area contributed by atoms with Crippen LogP contribution in [0.1, 0.15) is 32.0 Å². The van der Waals surface area contributed by atoms with Gasteiger partial charge < -0.3 is 15.6 Å². The second kappa shape index (κ2) is 8.98. The van der Waals surface area contributed by atoms with E-state index in [1.165, 1.54) is 5.57 Å². The van der Waals surface area contributed by atoms with Crippen LogP contribution in [0.15, 0.2) is 54.8 Å². The number of hydrogen-bond donors (Lipinski definition) is 3. The first-order valence-electron chi connectivity index (χ1n) is 9.98. The van der Waals surface area contributed by atoms with E-state index in [0.29, 0.717) is 12.1 Å². The van der Waals surface area contributed by atoms with E-state index in [-0.39, 0.29) is 11.3 Å². The minimum atomic E-state index is -0.366. The minimum absolute atomic E-state index is 0.132. The molecule has 2 aromatic heterocycles. The number of aromatic amines is 1. The fourth-order valence-electron chi connectivity index (χ4n) is 3.02. The number of aromatic nitrogens is 2. The summed E-state index contributed by atoms with van der Waals surface area (Å²) >= 11 is 0. The Labute approximate surface area is 178 Å². The number of hydrogen-bond acceptors (Lipinski definition) is 3. The van der Waals surface area contributed by atoms with E-state index in [1.54, 1.807) is 13.0 Å². The van der Waals surface area contributed by atoms with Gasteiger partial charge in [-0.2, -0.15) is 0 Å². The minimum Gasteiger partial charge on any atom is -0.351 e. The Morgan fingerprint density at radius 3 is 2.93 bits per heavy atom. The fraction of sp³-hybridized carbons (Fsp3) is 0.280. The van der Waals surface area contributed by atoms with Crippen molar-refractivity contribution in [1.29, 1.82) is 0 Å². The highest BCUT2D eigenvalue weighted by molar-refractivity contribution is 5.93. The average molecular weight is 401 g/mol. The standard InChI is InChI=1S/C25H28N4O/c1-6-25(4,5)16-28-24(30)18(3)9-7-8-17(2)21-12-20-13-22(19-10-11-26-14-19)29-23(20)27-15-21/h1,7-10,12-13,15,26H,2,11,14,16H2,3-5H3,(H,27,29)(H,28,30)/b8-7-,18-9+. The number of pyridine rings is 1. The molecule has 0 saturated carbocycles. The van der Waals surface area contributed by atoms with Crippen LogP contribution in [0, 0.1) is 17.8 Å². The van der Waals surface area contributed by atoms with Crippen LogP contribution in [0.3, 0.4) is 0 Å². The number of nitrogens with one attached hydrogen (secondary N) is 3. The highest BCUT2D eigenvalue weighted by atomic mass is 16.1. The van der Waals surface area contributed by atoms with E-state index >= 15 is 0 Å². The number of allylic oxidation sites excluding steroid dienone is 4. The van der Waals surface area contributed by atoms with Crippen LogP contribution in [0.5, 0.6) is 0 Å². The normalized spacial score (nSPS) is 14.7. The first kappa shape index (κ1) is 21.4. The zero-order valence-electron chi connectivity index (χ0n) is 17.8. The van der Waals surface area contributed by atoms with Crippen LogP contribution in [0.25, 0.3) is 22.2 Å². The van der Waals surface area contributed by atoms with Gasteiger partial charge in [-0.05, 0) is 44.1 Å². The van der Waals surface area contributed by atoms with Crippen LogP contribution < -0.4 is 10.6 Å². The Kier molecular flexibility index (Phi) is 6.39. The molecular weight excluding hydrogens is 372 g/mol. The molecule has 0 unspecified atom stereocenters. The van der Waals surface area contributed by atoms with Gasteiger partial charge in [0.1, 0.15) is 5.65 Å². The van der Waals surface area contributed by atoms with Gasteiger partial charge in [0.2, 0.25) is 5.91 Å². The third-order valence-electron chi connectivity index (χ3n) is 5.08. The number of amides is 1. The van der Waals surface area contributed by atoms with Crippen LogP contribution >= 0.6 is 0 Å². The van der Waals surface area contributed by atoms with Crippen LogP contribution in [0.2, 0.25) is 0 Å². The van der Waals surface area contributed by atoms with Gasteiger partial charge in [0.15, 0.2) is 0 Å². The third-order valence-corrected chi connectivity index (χ3v) is 5.08. The van der Waals surface area contributed by atoms with Gasteiger partial charge in [0.05, 0.1) is 0 Å². The molecule has 3 N–H and O–H groups in total. The lowest BCUT2D eigenvalue weighted by Gasteiger charge is -2.17. The van der Waals surface area contributed by atoms with Crippen molar-refractivity contribution in [1.82, 2.24) is 20.6 Å². The Balaban J connectivity index is 1.65. The fourth-order valence-corrected chi connectivity index (χ4v) is 3.02. The number of H-pyrrole nitrogens is 1. The van der Waals surface area contributed by atoms with Crippen LogP contribution in [-0.2, 0) is 4.79 Å². The molecule has 5 heteroatoms. The highest BCUT2D eigenvalue weighted by Gasteiger charge is 2.15. The van der Waals surface area contributed by atoms with Gasteiger partial charge in [-0.3, -0.25) is 4.79 Å². The van der Waals surface area contributed by atoms with Crippen molar-refractivity contribution < 1.29 is 4.79 Å². The Hall–Kier alpha value is -3.36. The molecule has 0 aliphatic carbocycles. The summed E-state index contributed by atoms with van der Waals surface area (Å²) in [6.07, 6.45) is 14.9. The van der Waals surface area contributed by atoms with E-state index in [2.05, 4.69) is 51.3 Å². The predicted octanol–water partition coefficient (Wildman–Crippen LogP) is 3.84. The molecule has 0 aromatic carbocycles. The van der Waals surface area contributed by atoms with Crippen molar-refractivity contribution in [2.75, 3.05) is 19.6 Å². The molecule has 154 valence electrons. The van der Waals surface area contributed by atoms with E-state index in [9.17, 15) is 4.79 Å². The smallest absolute Gasteiger partial charge is 0.246 e. The summed E-state index contributed by atoms with van der Waals surface area (Å²) in [6.45, 7) is 11.9. The summed E-state index contributed by atoms with van der Waals surface area (Å²) in [5, 5.41) is 7.21. The maximum absolute atomic E-state index is 12.2. The molecule has 0 fully saturated rings. The summed E-state index contributed by atoms with van der Waals surface area (Å²) in [6, 6.07) is 4.19. The molecule has 5 nitrogen and oxygen atoms in total. The summed E-state index contributed by atoms with van der Waals surface area (Å²) in [7, 11) is 0. The van der Waals surface area contributed by atoms with Crippen LogP contribution in [0.4, 0.5) is 0 Å². The topological polar surface area (TPSA) is 69.8 Å². The third kappa shape index (κ3) is 5.16. The maximum atomic E-state index is 12.2. The zero-order valence-corrected chi connectivity index (χ0v) is 17.8. The predicted molar refractivity (Wildman–Crippen MR) is 124 cm³/mol. The first-order valence-corrected chi connectivity index (χ1v) is 9.98. The van der Waals surface area contributed by atoms with E-state index < -0.39 is 0 Å². The molecule has 2 aromatic rings. The summed E-state index contributed by atoms with van der Waals surface area (Å²) in [5.41, 5.74) is 5.22. The highest BCUT2D eigenvalue weighted by Crippen LogP contribution is 2.24. The van der Waals surface area contributed by atoms with E-state index in [1.807, 2.05) is 32.2 Å². The summed E-state index contributed by atoms with van der Waals surface area (Å²) < 4.78 is 0. The summed E-state index contributed by atoms with van der Waals surface area (Å²) in [5.74, 6) is 2.54. The molecule has 1 aliphatic rings. The molecule has 0 saturated heterocycles. The quantitative estimate of drug-likeness (QED) is 0.376. The number of fused-ring (bicyclic) bond motifs is 1. The van der Waals surface area contributed by atoms with Gasteiger partial charge in [0, 0.05) is 53.5 Å². The van der Waals surface area contributed by atoms with Crippen molar-refractivity contribution in [2.45, 2.75) is 20.8 Å². The van der Waals surface area contributed by atoms with Crippen molar-refractivity contribution >= 4 is 28.1 Å². The monoisotopic (exact) mass is 400 g/mol. The lowest BCUT2D eigenvalue weighted by molar-refractivity contribution is -0.117. The average Bonchev–Trinajstić information content (AvgIpc) is 3.40. The second-order valence-electron chi connectivity index (χ2n) is 8.15. The molecule has 1 aliphatic heterocycles. The van der Waals surface area contributed by atoms with Gasteiger partial charge in [-0.1, -0.05) is 36.8 Å². The zero-order chi connectivity index (χ0) is 21.7. The van der Waals surface area contributed by atoms with Crippen molar-refractivity contribution in [3.05, 3.63) is 66.0 Å². The van der Waals surface area contributed by atoms with Crippen molar-refractivity contribution in [3.63, 3.8) is 0 Å². The summed E-state index contributed by atoms with van der Waals surface area (Å²) in [4.78, 5) is 20.1. The van der Waals surface area contributed by atoms with Gasteiger partial charge in [-0.15, -0.1) is 6.42 Å². The first-order chi connectivity index (χ1) is 14.3. The molecule has 3 heterocycles. The number of carbonyl (C=O) groups excluding carboxylic acids is 1. The molecule has 0 bridgehead atoms. The SMILES string of the molecule is C#CC(C)(C)CNC(=O)/C(C)=C/C=C\C(=C)c1cnc2[nH]c(C3=CCNC3)cc2c1. The van der Waals surface area contributed by atoms with Gasteiger partial charge >= 0.3 is 0 Å². The molecule has 1 amide bonds. The number of rotatable bonds is 7. The molecule has 0 radical (unpaired) electrons. The van der Waals surface area contributed by atoms with Gasteiger partial charge in [-0.25, -0.2) is 4.98 Å². The number of carbonyl (C=O) groups is 1. The largest absolute Gasteiger partial charge is 0.351 e. The molecule has 3 rings (SSSR count). The van der Waals surface area contributed by atoms with Gasteiger partial charge in [0.25, 0.3) is 0 Å². The van der Waals surface area contributed by atoms with E-state index in [0.717, 1.165) is 41.0 Å². The second-order valence-corrected chi connectivity index (χ2v) is 8.15. The van der Waals surface area contributed by atoms with Crippen molar-refractivity contribution in [2.24, 2.45) is 5.41 Å². The lowest BCUT2D eigenvalue weighted by Crippen LogP contribution is -2.33. The Morgan fingerprint density at radius 1 is 1.43 bits per heavy atom. The maximum Gasteiger partial charge on any atom is 0.246 e. The Bertz CT molecular complexity index is 1110.